The molecular weight excluding hydrogens is 247 g/mol. The maximum Gasteiger partial charge on any atom is 0.224 e. The molecule has 1 aliphatic rings. The van der Waals surface area contributed by atoms with Crippen LogP contribution in [0, 0.1) is 23.1 Å². The summed E-state index contributed by atoms with van der Waals surface area (Å²) < 4.78 is 18.6. The molecule has 0 unspecified atom stereocenters. The van der Waals surface area contributed by atoms with Crippen molar-refractivity contribution in [1.29, 1.82) is 5.26 Å². The number of halogens is 2. The van der Waals surface area contributed by atoms with Gasteiger partial charge in [-0.1, -0.05) is 0 Å². The van der Waals surface area contributed by atoms with Gasteiger partial charge in [0.25, 0.3) is 0 Å². The second-order valence-corrected chi connectivity index (χ2v) is 4.02. The molecule has 0 amide bonds. The molecule has 0 spiro atoms. The van der Waals surface area contributed by atoms with Crippen molar-refractivity contribution in [1.82, 2.24) is 9.97 Å². The lowest BCUT2D eigenvalue weighted by Crippen LogP contribution is -2.38. The molecule has 17 heavy (non-hydrogen) atoms. The molecule has 0 bridgehead atoms. The molecule has 1 saturated heterocycles. The molecule has 0 saturated carbocycles. The SMILES string of the molecule is N#C[C@H]1CCOC[C@@H]1Nc1nc(Cl)ncc1F. The zero-order chi connectivity index (χ0) is 12.3. The number of nitriles is 1. The van der Waals surface area contributed by atoms with Gasteiger partial charge in [0.1, 0.15) is 0 Å². The molecule has 1 fully saturated rings. The van der Waals surface area contributed by atoms with Gasteiger partial charge < -0.3 is 10.1 Å². The number of nitrogens with one attached hydrogen (secondary N) is 1. The van der Waals surface area contributed by atoms with Gasteiger partial charge in [-0.25, -0.2) is 9.37 Å². The highest BCUT2D eigenvalue weighted by Gasteiger charge is 2.26. The Kier molecular flexibility index (Phi) is 3.71. The Morgan fingerprint density at radius 3 is 3.24 bits per heavy atom. The van der Waals surface area contributed by atoms with Crippen LogP contribution in [0.4, 0.5) is 10.2 Å². The first-order valence-corrected chi connectivity index (χ1v) is 5.50. The Morgan fingerprint density at radius 1 is 1.65 bits per heavy atom. The van der Waals surface area contributed by atoms with Crippen molar-refractivity contribution in [3.8, 4) is 6.07 Å². The first kappa shape index (κ1) is 12.0. The van der Waals surface area contributed by atoms with Gasteiger partial charge in [-0.3, -0.25) is 0 Å². The van der Waals surface area contributed by atoms with Crippen molar-refractivity contribution < 1.29 is 9.13 Å². The Balaban J connectivity index is 2.14. The fourth-order valence-electron chi connectivity index (χ4n) is 1.66. The molecule has 7 heteroatoms. The van der Waals surface area contributed by atoms with Gasteiger partial charge in [-0.05, 0) is 18.0 Å². The van der Waals surface area contributed by atoms with Crippen molar-refractivity contribution in [2.75, 3.05) is 18.5 Å². The predicted octanol–water partition coefficient (Wildman–Crippen LogP) is 1.61. The molecule has 0 aromatic carbocycles. The highest BCUT2D eigenvalue weighted by molar-refractivity contribution is 6.28. The molecule has 1 N–H and O–H groups in total. The minimum absolute atomic E-state index is 0.000694. The van der Waals surface area contributed by atoms with E-state index >= 15 is 0 Å². The standard InChI is InChI=1S/C10H10ClFN4O/c11-10-14-4-7(12)9(16-10)15-8-5-17-2-1-6(8)3-13/h4,6,8H,1-2,5H2,(H,14,15,16)/t6-,8+/m1/s1. The summed E-state index contributed by atoms with van der Waals surface area (Å²) >= 11 is 5.58. The van der Waals surface area contributed by atoms with Crippen LogP contribution in [0.15, 0.2) is 6.20 Å². The van der Waals surface area contributed by atoms with Crippen molar-refractivity contribution in [2.24, 2.45) is 5.92 Å². The van der Waals surface area contributed by atoms with Crippen molar-refractivity contribution in [3.63, 3.8) is 0 Å². The lowest BCUT2D eigenvalue weighted by molar-refractivity contribution is 0.0697. The summed E-state index contributed by atoms with van der Waals surface area (Å²) in [6, 6.07) is 1.88. The summed E-state index contributed by atoms with van der Waals surface area (Å²) in [6.45, 7) is 0.892. The summed E-state index contributed by atoms with van der Waals surface area (Å²) in [4.78, 5) is 7.25. The van der Waals surface area contributed by atoms with E-state index in [0.717, 1.165) is 6.20 Å². The monoisotopic (exact) mass is 256 g/mol. The summed E-state index contributed by atoms with van der Waals surface area (Å²) in [5, 5.41) is 11.8. The zero-order valence-corrected chi connectivity index (χ0v) is 9.62. The molecule has 2 heterocycles. The molecule has 1 aliphatic heterocycles. The molecule has 0 radical (unpaired) electrons. The van der Waals surface area contributed by atoms with Crippen LogP contribution in [0.5, 0.6) is 0 Å². The minimum Gasteiger partial charge on any atom is -0.379 e. The predicted molar refractivity (Wildman–Crippen MR) is 58.9 cm³/mol. The van der Waals surface area contributed by atoms with E-state index in [0.29, 0.717) is 19.6 Å². The van der Waals surface area contributed by atoms with Crippen LogP contribution in [0.3, 0.4) is 0 Å². The molecule has 2 rings (SSSR count). The lowest BCUT2D eigenvalue weighted by Gasteiger charge is -2.28. The van der Waals surface area contributed by atoms with Gasteiger partial charge in [0.2, 0.25) is 5.28 Å². The van der Waals surface area contributed by atoms with E-state index in [1.54, 1.807) is 0 Å². The number of hydrogen-bond acceptors (Lipinski definition) is 5. The molecule has 2 atom stereocenters. The second kappa shape index (κ2) is 5.25. The summed E-state index contributed by atoms with van der Waals surface area (Å²) in [7, 11) is 0. The molecule has 1 aromatic rings. The third-order valence-corrected chi connectivity index (χ3v) is 2.74. The topological polar surface area (TPSA) is 70.8 Å². The molecule has 1 aromatic heterocycles. The van der Waals surface area contributed by atoms with E-state index in [1.807, 2.05) is 0 Å². The first-order valence-electron chi connectivity index (χ1n) is 5.12. The number of nitrogens with zero attached hydrogens (tertiary/aromatic N) is 3. The van der Waals surface area contributed by atoms with E-state index in [2.05, 4.69) is 21.4 Å². The smallest absolute Gasteiger partial charge is 0.224 e. The van der Waals surface area contributed by atoms with Crippen LogP contribution in [0.2, 0.25) is 5.28 Å². The normalized spacial score (nSPS) is 24.1. The highest BCUT2D eigenvalue weighted by Crippen LogP contribution is 2.20. The van der Waals surface area contributed by atoms with Crippen LogP contribution in [0.25, 0.3) is 0 Å². The van der Waals surface area contributed by atoms with Gasteiger partial charge >= 0.3 is 0 Å². The van der Waals surface area contributed by atoms with Crippen LogP contribution >= 0.6 is 11.6 Å². The number of anilines is 1. The van der Waals surface area contributed by atoms with E-state index in [-0.39, 0.29) is 23.1 Å². The number of rotatable bonds is 2. The molecule has 5 nitrogen and oxygen atoms in total. The summed E-state index contributed by atoms with van der Waals surface area (Å²) in [5.41, 5.74) is 0. The molecular formula is C10H10ClFN4O. The third-order valence-electron chi connectivity index (χ3n) is 2.56. The molecule has 90 valence electrons. The average Bonchev–Trinajstić information content (AvgIpc) is 2.34. The lowest BCUT2D eigenvalue weighted by atomic mass is 9.96. The maximum absolute atomic E-state index is 13.4. The Morgan fingerprint density at radius 2 is 2.47 bits per heavy atom. The summed E-state index contributed by atoms with van der Waals surface area (Å²) in [6.07, 6.45) is 1.61. The second-order valence-electron chi connectivity index (χ2n) is 3.69. The van der Waals surface area contributed by atoms with Crippen LogP contribution in [0.1, 0.15) is 6.42 Å². The third kappa shape index (κ3) is 2.81. The van der Waals surface area contributed by atoms with Gasteiger partial charge in [0, 0.05) is 6.61 Å². The first-order chi connectivity index (χ1) is 8.20. The Labute approximate surface area is 103 Å². The maximum atomic E-state index is 13.4. The van der Waals surface area contributed by atoms with Crippen LogP contribution in [-0.4, -0.2) is 29.2 Å². The quantitative estimate of drug-likeness (QED) is 0.814. The van der Waals surface area contributed by atoms with Crippen molar-refractivity contribution >= 4 is 17.4 Å². The molecule has 0 aliphatic carbocycles. The Hall–Kier alpha value is -1.45. The minimum atomic E-state index is -0.600. The fourth-order valence-corrected chi connectivity index (χ4v) is 1.79. The van der Waals surface area contributed by atoms with Gasteiger partial charge in [-0.15, -0.1) is 0 Å². The fraction of sp³-hybridized carbons (Fsp3) is 0.500. The average molecular weight is 257 g/mol. The number of aromatic nitrogens is 2. The Bertz CT molecular complexity index is 450. The van der Waals surface area contributed by atoms with Gasteiger partial charge in [0.15, 0.2) is 11.6 Å². The number of ether oxygens (including phenoxy) is 1. The van der Waals surface area contributed by atoms with Gasteiger partial charge in [0.05, 0.1) is 30.8 Å². The largest absolute Gasteiger partial charge is 0.379 e. The number of hydrogen-bond donors (Lipinski definition) is 1. The van der Waals surface area contributed by atoms with Crippen molar-refractivity contribution in [2.45, 2.75) is 12.5 Å². The highest BCUT2D eigenvalue weighted by atomic mass is 35.5. The van der Waals surface area contributed by atoms with E-state index < -0.39 is 5.82 Å². The van der Waals surface area contributed by atoms with Crippen LogP contribution in [-0.2, 0) is 4.74 Å². The van der Waals surface area contributed by atoms with E-state index in [9.17, 15) is 4.39 Å². The van der Waals surface area contributed by atoms with E-state index in [4.69, 9.17) is 21.6 Å². The zero-order valence-electron chi connectivity index (χ0n) is 8.86. The van der Waals surface area contributed by atoms with Crippen LogP contribution < -0.4 is 5.32 Å². The van der Waals surface area contributed by atoms with Crippen molar-refractivity contribution in [3.05, 3.63) is 17.3 Å². The van der Waals surface area contributed by atoms with Gasteiger partial charge in [-0.2, -0.15) is 10.2 Å². The summed E-state index contributed by atoms with van der Waals surface area (Å²) in [5.74, 6) is -0.825. The van der Waals surface area contributed by atoms with E-state index in [1.165, 1.54) is 0 Å².